The predicted molar refractivity (Wildman–Crippen MR) is 85.6 cm³/mol. The van der Waals surface area contributed by atoms with Crippen LogP contribution in [0.25, 0.3) is 0 Å². The quantitative estimate of drug-likeness (QED) is 0.772. The normalized spacial score (nSPS) is 14.8. The lowest BCUT2D eigenvalue weighted by atomic mass is 9.98. The highest BCUT2D eigenvalue weighted by atomic mass is 35.5. The third-order valence-corrected chi connectivity index (χ3v) is 4.24. The van der Waals surface area contributed by atoms with Crippen LogP contribution in [0.3, 0.4) is 0 Å². The summed E-state index contributed by atoms with van der Waals surface area (Å²) in [4.78, 5) is 0. The molecular formula is C18H19ClO2. The molecule has 1 aliphatic rings. The van der Waals surface area contributed by atoms with Gasteiger partial charge in [0.2, 0.25) is 0 Å². The molecule has 0 saturated heterocycles. The highest BCUT2D eigenvalue weighted by Gasteiger charge is 2.16. The minimum Gasteiger partial charge on any atom is -0.486 e. The van der Waals surface area contributed by atoms with Crippen LogP contribution in [0, 0.1) is 13.8 Å². The van der Waals surface area contributed by atoms with Crippen molar-refractivity contribution in [2.45, 2.75) is 25.6 Å². The molecule has 2 nitrogen and oxygen atoms in total. The molecule has 0 bridgehead atoms. The van der Waals surface area contributed by atoms with Gasteiger partial charge in [-0.25, -0.2) is 0 Å². The van der Waals surface area contributed by atoms with Crippen LogP contribution in [-0.4, -0.2) is 13.2 Å². The standard InChI is InChI=1S/C18H19ClO2/c1-12-3-4-13(2)15(9-12)10-16(19)14-5-6-17-18(11-14)21-8-7-20-17/h3-6,9,11,16H,7-8,10H2,1-2H3. The molecule has 21 heavy (non-hydrogen) atoms. The number of fused-ring (bicyclic) bond motifs is 1. The van der Waals surface area contributed by atoms with Crippen molar-refractivity contribution >= 4 is 11.6 Å². The van der Waals surface area contributed by atoms with Crippen LogP contribution in [0.4, 0.5) is 0 Å². The van der Waals surface area contributed by atoms with E-state index in [1.54, 1.807) is 0 Å². The van der Waals surface area contributed by atoms with E-state index in [9.17, 15) is 0 Å². The molecule has 2 aromatic carbocycles. The molecule has 0 spiro atoms. The van der Waals surface area contributed by atoms with Crippen molar-refractivity contribution in [1.82, 2.24) is 0 Å². The van der Waals surface area contributed by atoms with Gasteiger partial charge >= 0.3 is 0 Å². The molecule has 0 fully saturated rings. The number of halogens is 1. The van der Waals surface area contributed by atoms with Crippen LogP contribution in [0.15, 0.2) is 36.4 Å². The first-order valence-electron chi connectivity index (χ1n) is 7.23. The van der Waals surface area contributed by atoms with Crippen molar-refractivity contribution in [2.24, 2.45) is 0 Å². The van der Waals surface area contributed by atoms with Gasteiger partial charge in [-0.15, -0.1) is 11.6 Å². The van der Waals surface area contributed by atoms with Gasteiger partial charge in [0.1, 0.15) is 13.2 Å². The van der Waals surface area contributed by atoms with E-state index >= 15 is 0 Å². The number of alkyl halides is 1. The Hall–Kier alpha value is -1.67. The highest BCUT2D eigenvalue weighted by Crippen LogP contribution is 2.35. The second-order valence-electron chi connectivity index (χ2n) is 5.50. The summed E-state index contributed by atoms with van der Waals surface area (Å²) in [6, 6.07) is 12.5. The first-order valence-corrected chi connectivity index (χ1v) is 7.67. The van der Waals surface area contributed by atoms with E-state index in [0.717, 1.165) is 23.5 Å². The number of aryl methyl sites for hydroxylation is 2. The summed E-state index contributed by atoms with van der Waals surface area (Å²) in [6.45, 7) is 5.44. The van der Waals surface area contributed by atoms with Crippen molar-refractivity contribution in [3.63, 3.8) is 0 Å². The van der Waals surface area contributed by atoms with Crippen LogP contribution in [-0.2, 0) is 6.42 Å². The number of benzene rings is 2. The second-order valence-corrected chi connectivity index (χ2v) is 6.03. The summed E-state index contributed by atoms with van der Waals surface area (Å²) in [5, 5.41) is -0.0682. The lowest BCUT2D eigenvalue weighted by Crippen LogP contribution is -2.15. The average Bonchev–Trinajstić information content (AvgIpc) is 2.50. The van der Waals surface area contributed by atoms with Gasteiger partial charge in [-0.1, -0.05) is 29.8 Å². The summed E-state index contributed by atoms with van der Waals surface area (Å²) < 4.78 is 11.2. The van der Waals surface area contributed by atoms with E-state index in [1.807, 2.05) is 18.2 Å². The van der Waals surface area contributed by atoms with E-state index in [2.05, 4.69) is 32.0 Å². The lowest BCUT2D eigenvalue weighted by molar-refractivity contribution is 0.171. The fraction of sp³-hybridized carbons (Fsp3) is 0.333. The molecule has 1 unspecified atom stereocenters. The Labute approximate surface area is 130 Å². The van der Waals surface area contributed by atoms with Crippen molar-refractivity contribution in [2.75, 3.05) is 13.2 Å². The van der Waals surface area contributed by atoms with Crippen LogP contribution in [0.1, 0.15) is 27.6 Å². The Morgan fingerprint density at radius 1 is 1.00 bits per heavy atom. The monoisotopic (exact) mass is 302 g/mol. The maximum atomic E-state index is 6.61. The first kappa shape index (κ1) is 14.3. The highest BCUT2D eigenvalue weighted by molar-refractivity contribution is 6.21. The summed E-state index contributed by atoms with van der Waals surface area (Å²) in [5.41, 5.74) is 4.91. The molecule has 2 aromatic rings. The van der Waals surface area contributed by atoms with Gasteiger partial charge in [-0.3, -0.25) is 0 Å². The van der Waals surface area contributed by atoms with Crippen molar-refractivity contribution in [3.8, 4) is 11.5 Å². The van der Waals surface area contributed by atoms with E-state index in [-0.39, 0.29) is 5.38 Å². The molecule has 0 radical (unpaired) electrons. The van der Waals surface area contributed by atoms with Crippen LogP contribution < -0.4 is 9.47 Å². The molecule has 3 rings (SSSR count). The maximum Gasteiger partial charge on any atom is 0.161 e. The van der Waals surface area contributed by atoms with Crippen molar-refractivity contribution in [3.05, 3.63) is 58.7 Å². The van der Waals surface area contributed by atoms with Crippen LogP contribution >= 0.6 is 11.6 Å². The van der Waals surface area contributed by atoms with Gasteiger partial charge in [0, 0.05) is 0 Å². The molecule has 1 atom stereocenters. The van der Waals surface area contributed by atoms with E-state index in [4.69, 9.17) is 21.1 Å². The van der Waals surface area contributed by atoms with Crippen LogP contribution in [0.5, 0.6) is 11.5 Å². The van der Waals surface area contributed by atoms with Gasteiger partial charge in [0.05, 0.1) is 5.38 Å². The summed E-state index contributed by atoms with van der Waals surface area (Å²) >= 11 is 6.61. The Bertz CT molecular complexity index is 652. The fourth-order valence-electron chi connectivity index (χ4n) is 2.59. The van der Waals surface area contributed by atoms with Gasteiger partial charge in [-0.05, 0) is 49.1 Å². The Morgan fingerprint density at radius 3 is 2.57 bits per heavy atom. The lowest BCUT2D eigenvalue weighted by Gasteiger charge is -2.20. The van der Waals surface area contributed by atoms with Gasteiger partial charge in [-0.2, -0.15) is 0 Å². The molecular weight excluding hydrogens is 284 g/mol. The van der Waals surface area contributed by atoms with E-state index in [0.29, 0.717) is 13.2 Å². The number of hydrogen-bond donors (Lipinski definition) is 0. The van der Waals surface area contributed by atoms with Gasteiger partial charge in [0.25, 0.3) is 0 Å². The predicted octanol–water partition coefficient (Wildman–Crippen LogP) is 4.60. The maximum absolute atomic E-state index is 6.61. The number of ether oxygens (including phenoxy) is 2. The molecule has 3 heteroatoms. The molecule has 0 aromatic heterocycles. The number of rotatable bonds is 3. The molecule has 1 heterocycles. The minimum atomic E-state index is -0.0682. The van der Waals surface area contributed by atoms with Gasteiger partial charge < -0.3 is 9.47 Å². The fourth-order valence-corrected chi connectivity index (χ4v) is 2.89. The zero-order chi connectivity index (χ0) is 14.8. The zero-order valence-corrected chi connectivity index (χ0v) is 13.1. The molecule has 0 aliphatic carbocycles. The molecule has 0 N–H and O–H groups in total. The minimum absolute atomic E-state index is 0.0682. The van der Waals surface area contributed by atoms with Crippen LogP contribution in [0.2, 0.25) is 0 Å². The third-order valence-electron chi connectivity index (χ3n) is 3.83. The number of hydrogen-bond acceptors (Lipinski definition) is 2. The third kappa shape index (κ3) is 3.16. The summed E-state index contributed by atoms with van der Waals surface area (Å²) in [6.07, 6.45) is 0.814. The van der Waals surface area contributed by atoms with Gasteiger partial charge in [0.15, 0.2) is 11.5 Å². The first-order chi connectivity index (χ1) is 10.1. The smallest absolute Gasteiger partial charge is 0.161 e. The molecule has 1 aliphatic heterocycles. The topological polar surface area (TPSA) is 18.5 Å². The van der Waals surface area contributed by atoms with Crippen molar-refractivity contribution < 1.29 is 9.47 Å². The molecule has 0 amide bonds. The van der Waals surface area contributed by atoms with E-state index in [1.165, 1.54) is 16.7 Å². The molecule has 0 saturated carbocycles. The summed E-state index contributed by atoms with van der Waals surface area (Å²) in [5.74, 6) is 1.60. The van der Waals surface area contributed by atoms with Crippen molar-refractivity contribution in [1.29, 1.82) is 0 Å². The largest absolute Gasteiger partial charge is 0.486 e. The zero-order valence-electron chi connectivity index (χ0n) is 12.4. The second kappa shape index (κ2) is 5.98. The average molecular weight is 303 g/mol. The Morgan fingerprint density at radius 2 is 1.76 bits per heavy atom. The van der Waals surface area contributed by atoms with E-state index < -0.39 is 0 Å². The Balaban J connectivity index is 1.82. The summed E-state index contributed by atoms with van der Waals surface area (Å²) in [7, 11) is 0. The molecule has 110 valence electrons. The SMILES string of the molecule is Cc1ccc(C)c(CC(Cl)c2ccc3c(c2)OCCO3)c1. The Kier molecular flexibility index (Phi) is 4.07.